The van der Waals surface area contributed by atoms with Gasteiger partial charge in [-0.2, -0.15) is 0 Å². The molecule has 0 aliphatic carbocycles. The number of hydrogen-bond donors (Lipinski definition) is 1. The van der Waals surface area contributed by atoms with Crippen LogP contribution in [-0.4, -0.2) is 43.5 Å². The minimum absolute atomic E-state index is 0.110. The van der Waals surface area contributed by atoms with E-state index in [0.717, 1.165) is 11.1 Å². The van der Waals surface area contributed by atoms with Crippen LogP contribution in [0.5, 0.6) is 0 Å². The first-order chi connectivity index (χ1) is 13.3. The number of nitrogens with one attached hydrogen (secondary N) is 1. The van der Waals surface area contributed by atoms with Crippen LogP contribution in [0.3, 0.4) is 0 Å². The molecule has 0 saturated carbocycles. The van der Waals surface area contributed by atoms with Crippen LogP contribution in [0.15, 0.2) is 48.5 Å². The zero-order valence-electron chi connectivity index (χ0n) is 16.0. The molecule has 4 nitrogen and oxygen atoms in total. The summed E-state index contributed by atoms with van der Waals surface area (Å²) in [5, 5.41) is 3.29. The van der Waals surface area contributed by atoms with Crippen molar-refractivity contribution in [1.82, 2.24) is 10.2 Å². The Morgan fingerprint density at radius 1 is 1.07 bits per heavy atom. The lowest BCUT2D eigenvalue weighted by Gasteiger charge is -2.38. The Hall–Kier alpha value is -1.83. The summed E-state index contributed by atoms with van der Waals surface area (Å²) >= 11 is 0. The molecule has 2 aromatic carbocycles. The molecule has 1 aliphatic heterocycles. The van der Waals surface area contributed by atoms with Crippen LogP contribution >= 0.6 is 0 Å². The van der Waals surface area contributed by atoms with Crippen molar-refractivity contribution in [3.05, 3.63) is 71.3 Å². The molecule has 0 radical (unpaired) electrons. The average Bonchev–Trinajstić information content (AvgIpc) is 2.92. The number of benzene rings is 2. The summed E-state index contributed by atoms with van der Waals surface area (Å²) in [4.78, 5) is 2.12. The van der Waals surface area contributed by atoms with Gasteiger partial charge in [0.25, 0.3) is 0 Å². The normalized spacial score (nSPS) is 21.3. The molecular weight excluding hydrogens is 382 g/mol. The third-order valence-corrected chi connectivity index (χ3v) is 7.17. The van der Waals surface area contributed by atoms with Crippen LogP contribution in [0.2, 0.25) is 0 Å². The van der Waals surface area contributed by atoms with Gasteiger partial charge in [0.15, 0.2) is 9.84 Å². The van der Waals surface area contributed by atoms with E-state index in [1.807, 2.05) is 19.1 Å². The van der Waals surface area contributed by atoms with Gasteiger partial charge >= 0.3 is 0 Å². The van der Waals surface area contributed by atoms with Crippen molar-refractivity contribution in [3.8, 4) is 0 Å². The first-order valence-corrected chi connectivity index (χ1v) is 11.2. The van der Waals surface area contributed by atoms with Crippen LogP contribution in [0.4, 0.5) is 8.78 Å². The smallest absolute Gasteiger partial charge is 0.152 e. The molecule has 1 heterocycles. The fourth-order valence-electron chi connectivity index (χ4n) is 3.73. The van der Waals surface area contributed by atoms with E-state index in [0.29, 0.717) is 32.6 Å². The van der Waals surface area contributed by atoms with Crippen LogP contribution < -0.4 is 5.32 Å². The maximum absolute atomic E-state index is 13.6. The number of halogens is 2. The SMILES string of the molecule is C[C@]1(N(CCNCc2cccc(F)c2)Cc2cccc(F)c2)CCS(=O)(=O)C1. The highest BCUT2D eigenvalue weighted by atomic mass is 32.2. The first-order valence-electron chi connectivity index (χ1n) is 9.41. The van der Waals surface area contributed by atoms with Crippen molar-refractivity contribution in [3.63, 3.8) is 0 Å². The highest BCUT2D eigenvalue weighted by molar-refractivity contribution is 7.91. The Bertz CT molecular complexity index is 920. The van der Waals surface area contributed by atoms with Crippen LogP contribution in [0.25, 0.3) is 0 Å². The van der Waals surface area contributed by atoms with E-state index in [1.54, 1.807) is 12.1 Å². The second-order valence-corrected chi connectivity index (χ2v) is 9.88. The largest absolute Gasteiger partial charge is 0.311 e. The third kappa shape index (κ3) is 5.59. The van der Waals surface area contributed by atoms with Crippen molar-refractivity contribution in [1.29, 1.82) is 0 Å². The van der Waals surface area contributed by atoms with Gasteiger partial charge in [-0.15, -0.1) is 0 Å². The second kappa shape index (κ2) is 8.68. The predicted octanol–water partition coefficient (Wildman–Crippen LogP) is 3.13. The Labute approximate surface area is 165 Å². The lowest BCUT2D eigenvalue weighted by Crippen LogP contribution is -2.49. The van der Waals surface area contributed by atoms with Gasteiger partial charge < -0.3 is 5.32 Å². The molecule has 0 spiro atoms. The van der Waals surface area contributed by atoms with Crippen LogP contribution in [-0.2, 0) is 22.9 Å². The highest BCUT2D eigenvalue weighted by Gasteiger charge is 2.42. The van der Waals surface area contributed by atoms with Gasteiger partial charge in [-0.1, -0.05) is 24.3 Å². The van der Waals surface area contributed by atoms with Crippen LogP contribution in [0, 0.1) is 11.6 Å². The fourth-order valence-corrected chi connectivity index (χ4v) is 5.90. The summed E-state index contributed by atoms with van der Waals surface area (Å²) in [6.07, 6.45) is 0.564. The second-order valence-electron chi connectivity index (χ2n) is 7.70. The van der Waals surface area contributed by atoms with Crippen molar-refractivity contribution < 1.29 is 17.2 Å². The van der Waals surface area contributed by atoms with E-state index < -0.39 is 15.4 Å². The summed E-state index contributed by atoms with van der Waals surface area (Å²) in [5.74, 6) is -0.277. The molecule has 0 unspecified atom stereocenters. The third-order valence-electron chi connectivity index (χ3n) is 5.29. The molecule has 1 saturated heterocycles. The molecular formula is C21H26F2N2O2S. The summed E-state index contributed by atoms with van der Waals surface area (Å²) in [6.45, 7) is 4.19. The van der Waals surface area contributed by atoms with Gasteiger partial charge in [0.05, 0.1) is 11.5 Å². The maximum Gasteiger partial charge on any atom is 0.152 e. The molecule has 1 fully saturated rings. The average molecular weight is 409 g/mol. The van der Waals surface area contributed by atoms with E-state index in [2.05, 4.69) is 10.2 Å². The zero-order chi connectivity index (χ0) is 20.2. The maximum atomic E-state index is 13.6. The molecule has 1 aliphatic rings. The Morgan fingerprint density at radius 2 is 1.71 bits per heavy atom. The molecule has 3 rings (SSSR count). The number of sulfone groups is 1. The first kappa shape index (κ1) is 20.9. The van der Waals surface area contributed by atoms with Gasteiger partial charge in [-0.25, -0.2) is 17.2 Å². The van der Waals surface area contributed by atoms with Gasteiger partial charge in [0.1, 0.15) is 11.6 Å². The van der Waals surface area contributed by atoms with Gasteiger partial charge in [0.2, 0.25) is 0 Å². The van der Waals surface area contributed by atoms with Crippen molar-refractivity contribution in [2.45, 2.75) is 32.0 Å². The predicted molar refractivity (Wildman–Crippen MR) is 107 cm³/mol. The molecule has 7 heteroatoms. The molecule has 0 amide bonds. The monoisotopic (exact) mass is 408 g/mol. The zero-order valence-corrected chi connectivity index (χ0v) is 16.8. The Morgan fingerprint density at radius 3 is 2.32 bits per heavy atom. The summed E-state index contributed by atoms with van der Waals surface area (Å²) in [5.41, 5.74) is 1.19. The summed E-state index contributed by atoms with van der Waals surface area (Å²) in [7, 11) is -3.06. The van der Waals surface area contributed by atoms with Gasteiger partial charge in [-0.05, 0) is 48.7 Å². The quantitative estimate of drug-likeness (QED) is 0.682. The number of nitrogens with zero attached hydrogens (tertiary/aromatic N) is 1. The Balaban J connectivity index is 1.65. The number of hydrogen-bond acceptors (Lipinski definition) is 4. The van der Waals surface area contributed by atoms with E-state index in [9.17, 15) is 17.2 Å². The Kier molecular flexibility index (Phi) is 6.47. The molecule has 0 aromatic heterocycles. The van der Waals surface area contributed by atoms with Crippen molar-refractivity contribution in [2.24, 2.45) is 0 Å². The minimum Gasteiger partial charge on any atom is -0.311 e. The molecule has 0 bridgehead atoms. The fraction of sp³-hybridized carbons (Fsp3) is 0.429. The molecule has 152 valence electrons. The van der Waals surface area contributed by atoms with E-state index in [4.69, 9.17) is 0 Å². The summed E-state index contributed by atoms with van der Waals surface area (Å²) < 4.78 is 51.0. The van der Waals surface area contributed by atoms with E-state index in [1.165, 1.54) is 24.3 Å². The summed E-state index contributed by atoms with van der Waals surface area (Å²) in [6, 6.07) is 12.8. The number of rotatable bonds is 8. The molecule has 1 atom stereocenters. The van der Waals surface area contributed by atoms with Gasteiger partial charge in [0, 0.05) is 31.7 Å². The van der Waals surface area contributed by atoms with E-state index in [-0.39, 0.29) is 23.1 Å². The van der Waals surface area contributed by atoms with E-state index >= 15 is 0 Å². The molecule has 1 N–H and O–H groups in total. The lowest BCUT2D eigenvalue weighted by atomic mass is 9.98. The minimum atomic E-state index is -3.06. The van der Waals surface area contributed by atoms with Crippen molar-refractivity contribution in [2.75, 3.05) is 24.6 Å². The lowest BCUT2D eigenvalue weighted by molar-refractivity contribution is 0.117. The highest BCUT2D eigenvalue weighted by Crippen LogP contribution is 2.30. The van der Waals surface area contributed by atoms with Crippen molar-refractivity contribution >= 4 is 9.84 Å². The molecule has 2 aromatic rings. The molecule has 28 heavy (non-hydrogen) atoms. The standard InChI is InChI=1S/C21H26F2N2O2S/c1-21(8-11-28(26,27)16-21)25(15-18-5-3-7-20(23)13-18)10-9-24-14-17-4-2-6-19(22)12-17/h2-7,12-13,24H,8-11,14-16H2,1H3/t21-/m0/s1. The van der Waals surface area contributed by atoms with Gasteiger partial charge in [-0.3, -0.25) is 4.90 Å². The van der Waals surface area contributed by atoms with Crippen LogP contribution in [0.1, 0.15) is 24.5 Å². The topological polar surface area (TPSA) is 49.4 Å².